The van der Waals surface area contributed by atoms with E-state index in [-0.39, 0.29) is 29.8 Å². The Kier molecular flexibility index (Phi) is 8.53. The van der Waals surface area contributed by atoms with Gasteiger partial charge < -0.3 is 19.5 Å². The summed E-state index contributed by atoms with van der Waals surface area (Å²) in [4.78, 5) is 50.8. The molecule has 10 heteroatoms. The fourth-order valence-electron chi connectivity index (χ4n) is 3.26. The van der Waals surface area contributed by atoms with Gasteiger partial charge in [-0.05, 0) is 56.8 Å². The standard InChI is InChI=1S/C25H26N2O7S/c1-5-33-24(30)16(3)27-23(29)20(35-25(27)31)13-17-7-6-8-19(32-4)22(17)34-14-21(28)26-18-11-9-15(2)10-12-18/h6-13,16H,5,14H2,1-4H3,(H,26,28)/b20-13+/t16-/m1/s1. The molecular weight excluding hydrogens is 472 g/mol. The molecule has 1 aliphatic rings. The van der Waals surface area contributed by atoms with E-state index in [1.807, 2.05) is 19.1 Å². The van der Waals surface area contributed by atoms with Crippen LogP contribution in [0.5, 0.6) is 11.5 Å². The van der Waals surface area contributed by atoms with Crippen LogP contribution >= 0.6 is 11.8 Å². The smallest absolute Gasteiger partial charge is 0.329 e. The largest absolute Gasteiger partial charge is 0.493 e. The predicted octanol–water partition coefficient (Wildman–Crippen LogP) is 4.01. The van der Waals surface area contributed by atoms with Gasteiger partial charge in [0, 0.05) is 11.3 Å². The number of esters is 1. The zero-order chi connectivity index (χ0) is 25.5. The third-order valence-electron chi connectivity index (χ3n) is 5.04. The summed E-state index contributed by atoms with van der Waals surface area (Å²) in [5.41, 5.74) is 2.13. The zero-order valence-corrected chi connectivity index (χ0v) is 20.6. The van der Waals surface area contributed by atoms with Gasteiger partial charge in [-0.3, -0.25) is 19.3 Å². The second kappa shape index (κ2) is 11.6. The highest BCUT2D eigenvalue weighted by molar-refractivity contribution is 8.18. The Morgan fingerprint density at radius 2 is 1.86 bits per heavy atom. The van der Waals surface area contributed by atoms with Crippen LogP contribution in [0.4, 0.5) is 10.5 Å². The van der Waals surface area contributed by atoms with E-state index in [0.29, 0.717) is 28.8 Å². The van der Waals surface area contributed by atoms with Crippen LogP contribution in [-0.2, 0) is 19.1 Å². The number of rotatable bonds is 9. The number of aryl methyl sites for hydroxylation is 1. The number of nitrogens with one attached hydrogen (secondary N) is 1. The van der Waals surface area contributed by atoms with Crippen LogP contribution in [0.3, 0.4) is 0 Å². The number of nitrogens with zero attached hydrogens (tertiary/aromatic N) is 1. The third kappa shape index (κ3) is 6.21. The van der Waals surface area contributed by atoms with Crippen LogP contribution in [0, 0.1) is 6.92 Å². The number of imide groups is 1. The molecule has 1 saturated heterocycles. The molecule has 35 heavy (non-hydrogen) atoms. The van der Waals surface area contributed by atoms with E-state index in [1.165, 1.54) is 20.1 Å². The van der Waals surface area contributed by atoms with Gasteiger partial charge in [-0.25, -0.2) is 4.79 Å². The Labute approximate surface area is 207 Å². The number of ether oxygens (including phenoxy) is 3. The molecule has 0 unspecified atom stereocenters. The molecule has 0 aliphatic carbocycles. The molecule has 0 saturated carbocycles. The zero-order valence-electron chi connectivity index (χ0n) is 19.8. The van der Waals surface area contributed by atoms with Gasteiger partial charge in [0.25, 0.3) is 17.1 Å². The molecule has 1 fully saturated rings. The number of anilines is 1. The summed E-state index contributed by atoms with van der Waals surface area (Å²) in [7, 11) is 1.45. The molecule has 0 aromatic heterocycles. The summed E-state index contributed by atoms with van der Waals surface area (Å²) >= 11 is 0.705. The normalized spacial score (nSPS) is 15.2. The second-order valence-corrected chi connectivity index (χ2v) is 8.55. The summed E-state index contributed by atoms with van der Waals surface area (Å²) < 4.78 is 16.1. The van der Waals surface area contributed by atoms with Crippen molar-refractivity contribution in [2.75, 3.05) is 25.6 Å². The lowest BCUT2D eigenvalue weighted by atomic mass is 10.1. The van der Waals surface area contributed by atoms with E-state index in [1.54, 1.807) is 37.3 Å². The van der Waals surface area contributed by atoms with Gasteiger partial charge in [-0.2, -0.15) is 0 Å². The minimum atomic E-state index is -1.06. The molecule has 1 atom stereocenters. The SMILES string of the molecule is CCOC(=O)[C@@H](C)N1C(=O)S/C(=C/c2cccc(OC)c2OCC(=O)Nc2ccc(C)cc2)C1=O. The van der Waals surface area contributed by atoms with Crippen LogP contribution in [0.25, 0.3) is 6.08 Å². The van der Waals surface area contributed by atoms with Crippen LogP contribution in [-0.4, -0.2) is 54.3 Å². The molecule has 2 aromatic rings. The molecule has 1 heterocycles. The first-order valence-corrected chi connectivity index (χ1v) is 11.7. The van der Waals surface area contributed by atoms with E-state index in [2.05, 4.69) is 5.32 Å². The second-order valence-electron chi connectivity index (χ2n) is 7.56. The van der Waals surface area contributed by atoms with Crippen molar-refractivity contribution in [1.82, 2.24) is 4.90 Å². The van der Waals surface area contributed by atoms with Crippen molar-refractivity contribution in [1.29, 1.82) is 0 Å². The maximum Gasteiger partial charge on any atom is 0.329 e. The first kappa shape index (κ1) is 25.8. The van der Waals surface area contributed by atoms with E-state index >= 15 is 0 Å². The molecule has 2 aromatic carbocycles. The highest BCUT2D eigenvalue weighted by Gasteiger charge is 2.41. The molecule has 3 amide bonds. The first-order chi connectivity index (χ1) is 16.7. The maximum atomic E-state index is 12.9. The number of benzene rings is 2. The van der Waals surface area contributed by atoms with E-state index in [4.69, 9.17) is 14.2 Å². The Hall–Kier alpha value is -3.79. The van der Waals surface area contributed by atoms with Gasteiger partial charge in [0.05, 0.1) is 18.6 Å². The van der Waals surface area contributed by atoms with Crippen molar-refractivity contribution >= 4 is 46.5 Å². The topological polar surface area (TPSA) is 111 Å². The summed E-state index contributed by atoms with van der Waals surface area (Å²) in [6.07, 6.45) is 1.47. The van der Waals surface area contributed by atoms with Gasteiger partial charge in [-0.15, -0.1) is 0 Å². The molecule has 0 spiro atoms. The molecule has 184 valence electrons. The Morgan fingerprint density at radius 1 is 1.14 bits per heavy atom. The third-order valence-corrected chi connectivity index (χ3v) is 5.92. The van der Waals surface area contributed by atoms with E-state index in [0.717, 1.165) is 10.5 Å². The molecular formula is C25H26N2O7S. The Morgan fingerprint density at radius 3 is 2.51 bits per heavy atom. The van der Waals surface area contributed by atoms with Crippen LogP contribution in [0.1, 0.15) is 25.0 Å². The highest BCUT2D eigenvalue weighted by atomic mass is 32.2. The van der Waals surface area contributed by atoms with Crippen LogP contribution < -0.4 is 14.8 Å². The fourth-order valence-corrected chi connectivity index (χ4v) is 4.16. The summed E-state index contributed by atoms with van der Waals surface area (Å²) in [6, 6.07) is 11.3. The van der Waals surface area contributed by atoms with Gasteiger partial charge in [0.1, 0.15) is 6.04 Å². The molecule has 0 radical (unpaired) electrons. The minimum Gasteiger partial charge on any atom is -0.493 e. The summed E-state index contributed by atoms with van der Waals surface area (Å²) in [5.74, 6) is -1.08. The van der Waals surface area contributed by atoms with Crippen LogP contribution in [0.2, 0.25) is 0 Å². The van der Waals surface area contributed by atoms with Gasteiger partial charge in [0.15, 0.2) is 18.1 Å². The molecule has 3 rings (SSSR count). The lowest BCUT2D eigenvalue weighted by Gasteiger charge is -2.19. The maximum absolute atomic E-state index is 12.9. The number of amides is 3. The van der Waals surface area contributed by atoms with Crippen molar-refractivity contribution in [3.8, 4) is 11.5 Å². The lowest BCUT2D eigenvalue weighted by Crippen LogP contribution is -2.42. The van der Waals surface area contributed by atoms with Crippen LogP contribution in [0.15, 0.2) is 47.4 Å². The highest BCUT2D eigenvalue weighted by Crippen LogP contribution is 2.38. The number of carbonyl (C=O) groups is 4. The average Bonchev–Trinajstić information content (AvgIpc) is 3.11. The van der Waals surface area contributed by atoms with E-state index in [9.17, 15) is 19.2 Å². The predicted molar refractivity (Wildman–Crippen MR) is 132 cm³/mol. The monoisotopic (exact) mass is 498 g/mol. The van der Waals surface area contributed by atoms with Crippen molar-refractivity contribution in [2.45, 2.75) is 26.8 Å². The van der Waals surface area contributed by atoms with Gasteiger partial charge in [0.2, 0.25) is 0 Å². The number of carbonyl (C=O) groups excluding carboxylic acids is 4. The first-order valence-electron chi connectivity index (χ1n) is 10.8. The lowest BCUT2D eigenvalue weighted by molar-refractivity contribution is -0.150. The van der Waals surface area contributed by atoms with Crippen molar-refractivity contribution in [3.63, 3.8) is 0 Å². The average molecular weight is 499 g/mol. The Bertz CT molecular complexity index is 1160. The molecule has 9 nitrogen and oxygen atoms in total. The fraction of sp³-hybridized carbons (Fsp3) is 0.280. The van der Waals surface area contributed by atoms with Crippen molar-refractivity contribution in [3.05, 3.63) is 58.5 Å². The van der Waals surface area contributed by atoms with E-state index < -0.39 is 23.2 Å². The number of hydrogen-bond acceptors (Lipinski definition) is 8. The quantitative estimate of drug-likeness (QED) is 0.408. The minimum absolute atomic E-state index is 0.105. The number of methoxy groups -OCH3 is 1. The summed E-state index contributed by atoms with van der Waals surface area (Å²) in [5, 5.41) is 2.17. The Balaban J connectivity index is 1.79. The number of thioether (sulfide) groups is 1. The molecule has 1 N–H and O–H groups in total. The van der Waals surface area contributed by atoms with Gasteiger partial charge >= 0.3 is 5.97 Å². The molecule has 0 bridgehead atoms. The van der Waals surface area contributed by atoms with Crippen molar-refractivity contribution < 1.29 is 33.4 Å². The van der Waals surface area contributed by atoms with Gasteiger partial charge in [-0.1, -0.05) is 29.8 Å². The van der Waals surface area contributed by atoms with Crippen molar-refractivity contribution in [2.24, 2.45) is 0 Å². The number of para-hydroxylation sites is 1. The summed E-state index contributed by atoms with van der Waals surface area (Å²) in [6.45, 7) is 4.85. The molecule has 1 aliphatic heterocycles. The number of hydrogen-bond donors (Lipinski definition) is 1.